The fraction of sp³-hybridized carbons (Fsp3) is 0.529. The second-order valence-corrected chi connectivity index (χ2v) is 6.98. The van der Waals surface area contributed by atoms with Gasteiger partial charge in [0.25, 0.3) is 0 Å². The lowest BCUT2D eigenvalue weighted by molar-refractivity contribution is -0.141. The molecule has 1 aromatic heterocycles. The predicted octanol–water partition coefficient (Wildman–Crippen LogP) is 0.155. The van der Waals surface area contributed by atoms with E-state index < -0.39 is 17.4 Å². The van der Waals surface area contributed by atoms with Crippen molar-refractivity contribution in [3.63, 3.8) is 0 Å². The summed E-state index contributed by atoms with van der Waals surface area (Å²) in [6, 6.07) is 0. The lowest BCUT2D eigenvalue weighted by atomic mass is 9.76. The van der Waals surface area contributed by atoms with Crippen LogP contribution in [0.1, 0.15) is 11.4 Å². The summed E-state index contributed by atoms with van der Waals surface area (Å²) in [5.74, 6) is -0.974. The van der Waals surface area contributed by atoms with Gasteiger partial charge in [-0.3, -0.25) is 19.6 Å². The van der Waals surface area contributed by atoms with E-state index in [4.69, 9.17) is 4.74 Å². The van der Waals surface area contributed by atoms with E-state index in [1.54, 1.807) is 31.4 Å². The van der Waals surface area contributed by atoms with Crippen LogP contribution in [0.3, 0.4) is 0 Å². The largest absolute Gasteiger partial charge is 0.360 e. The van der Waals surface area contributed by atoms with E-state index in [9.17, 15) is 9.59 Å². The molecule has 2 saturated heterocycles. The summed E-state index contributed by atoms with van der Waals surface area (Å²) < 4.78 is 6.07. The highest BCUT2D eigenvalue weighted by molar-refractivity contribution is 5.92. The summed E-state index contributed by atoms with van der Waals surface area (Å²) in [6.45, 7) is 2.71. The lowest BCUT2D eigenvalue weighted by Gasteiger charge is -2.25. The number of hydrogen-bond acceptors (Lipinski definition) is 5. The summed E-state index contributed by atoms with van der Waals surface area (Å²) in [7, 11) is 3.42. The van der Waals surface area contributed by atoms with Gasteiger partial charge in [0, 0.05) is 20.3 Å². The molecular formula is C17H20N4O3. The molecule has 3 aliphatic rings. The molecule has 3 aliphatic heterocycles. The number of ether oxygens (including phenoxy) is 1. The Morgan fingerprint density at radius 2 is 2.21 bits per heavy atom. The number of fused-ring (bicyclic) bond motifs is 1. The molecule has 0 N–H and O–H groups in total. The SMILES string of the molecule is Cc1cnc(CN2C[C@]34C=C[C@H](O3)C(C(=O)N(C)C)C4C2=O)cn1. The molecule has 24 heavy (non-hydrogen) atoms. The average Bonchev–Trinajstić information content (AvgIpc) is 3.17. The topological polar surface area (TPSA) is 75.6 Å². The molecule has 4 heterocycles. The number of hydrogen-bond donors (Lipinski definition) is 0. The van der Waals surface area contributed by atoms with E-state index in [0.29, 0.717) is 13.1 Å². The number of rotatable bonds is 3. The molecule has 0 aliphatic carbocycles. The zero-order valence-corrected chi connectivity index (χ0v) is 14.0. The standard InChI is InChI=1S/C17H20N4O3/c1-10-6-19-11(7-18-10)8-21-9-17-5-4-12(24-17)13(14(17)16(21)23)15(22)20(2)3/h4-7,12-14H,8-9H2,1-3H3/t12-,13?,14?,17-/m0/s1. The first-order valence-corrected chi connectivity index (χ1v) is 8.06. The molecule has 0 radical (unpaired) electrons. The molecule has 2 unspecified atom stereocenters. The van der Waals surface area contributed by atoms with Crippen LogP contribution in [0.15, 0.2) is 24.5 Å². The third-order valence-corrected chi connectivity index (χ3v) is 5.09. The molecule has 0 saturated carbocycles. The van der Waals surface area contributed by atoms with Crippen LogP contribution in [-0.2, 0) is 20.9 Å². The molecule has 4 atom stereocenters. The van der Waals surface area contributed by atoms with E-state index >= 15 is 0 Å². The Morgan fingerprint density at radius 1 is 1.42 bits per heavy atom. The molecule has 0 aromatic carbocycles. The minimum atomic E-state index is -0.670. The van der Waals surface area contributed by atoms with Crippen molar-refractivity contribution in [3.8, 4) is 0 Å². The van der Waals surface area contributed by atoms with E-state index in [-0.39, 0.29) is 17.9 Å². The molecule has 1 spiro atoms. The Morgan fingerprint density at radius 3 is 2.88 bits per heavy atom. The predicted molar refractivity (Wildman–Crippen MR) is 84.6 cm³/mol. The Hall–Kier alpha value is -2.28. The molecule has 2 bridgehead atoms. The number of carbonyl (C=O) groups is 2. The van der Waals surface area contributed by atoms with Crippen molar-refractivity contribution < 1.29 is 14.3 Å². The zero-order chi connectivity index (χ0) is 17.1. The first-order valence-electron chi connectivity index (χ1n) is 8.06. The smallest absolute Gasteiger partial charge is 0.230 e. The maximum Gasteiger partial charge on any atom is 0.230 e. The van der Waals surface area contributed by atoms with Gasteiger partial charge < -0.3 is 14.5 Å². The molecule has 7 heteroatoms. The summed E-state index contributed by atoms with van der Waals surface area (Å²) in [6.07, 6.45) is 6.96. The van der Waals surface area contributed by atoms with Crippen molar-refractivity contribution in [2.75, 3.05) is 20.6 Å². The van der Waals surface area contributed by atoms with Crippen molar-refractivity contribution >= 4 is 11.8 Å². The van der Waals surface area contributed by atoms with Crippen LogP contribution in [0.2, 0.25) is 0 Å². The van der Waals surface area contributed by atoms with E-state index in [2.05, 4.69) is 9.97 Å². The van der Waals surface area contributed by atoms with Gasteiger partial charge in [-0.05, 0) is 6.92 Å². The fourth-order valence-corrected chi connectivity index (χ4v) is 3.99. The maximum absolute atomic E-state index is 13.0. The van der Waals surface area contributed by atoms with Crippen LogP contribution < -0.4 is 0 Å². The molecule has 7 nitrogen and oxygen atoms in total. The normalized spacial score (nSPS) is 33.2. The van der Waals surface area contributed by atoms with Crippen molar-refractivity contribution in [1.29, 1.82) is 0 Å². The van der Waals surface area contributed by atoms with Crippen molar-refractivity contribution in [2.45, 2.75) is 25.2 Å². The van der Waals surface area contributed by atoms with Crippen LogP contribution in [-0.4, -0.2) is 63.9 Å². The number of carbonyl (C=O) groups excluding carboxylic acids is 2. The van der Waals surface area contributed by atoms with E-state index in [0.717, 1.165) is 11.4 Å². The quantitative estimate of drug-likeness (QED) is 0.739. The third kappa shape index (κ3) is 2.07. The zero-order valence-electron chi connectivity index (χ0n) is 14.0. The van der Waals surface area contributed by atoms with Crippen LogP contribution in [0.25, 0.3) is 0 Å². The summed E-state index contributed by atoms with van der Waals surface area (Å²) in [4.78, 5) is 37.3. The molecular weight excluding hydrogens is 308 g/mol. The van der Waals surface area contributed by atoms with Crippen LogP contribution in [0, 0.1) is 18.8 Å². The monoisotopic (exact) mass is 328 g/mol. The highest BCUT2D eigenvalue weighted by atomic mass is 16.5. The minimum Gasteiger partial charge on any atom is -0.360 e. The Labute approximate surface area is 140 Å². The van der Waals surface area contributed by atoms with Gasteiger partial charge in [-0.25, -0.2) is 0 Å². The van der Waals surface area contributed by atoms with Crippen molar-refractivity contribution in [2.24, 2.45) is 11.8 Å². The van der Waals surface area contributed by atoms with E-state index in [1.807, 2.05) is 19.1 Å². The van der Waals surface area contributed by atoms with Crippen molar-refractivity contribution in [3.05, 3.63) is 35.9 Å². The summed E-state index contributed by atoms with van der Waals surface area (Å²) >= 11 is 0. The minimum absolute atomic E-state index is 0.0376. The first kappa shape index (κ1) is 15.3. The number of aromatic nitrogens is 2. The molecule has 2 amide bonds. The van der Waals surface area contributed by atoms with Crippen molar-refractivity contribution in [1.82, 2.24) is 19.8 Å². The van der Waals surface area contributed by atoms with Gasteiger partial charge in [0.15, 0.2) is 0 Å². The van der Waals surface area contributed by atoms with Gasteiger partial charge in [0.05, 0.1) is 48.6 Å². The van der Waals surface area contributed by atoms with Crippen LogP contribution in [0.4, 0.5) is 0 Å². The Balaban J connectivity index is 1.60. The Kier molecular flexibility index (Phi) is 3.25. The molecule has 2 fully saturated rings. The second kappa shape index (κ2) is 5.11. The van der Waals surface area contributed by atoms with Gasteiger partial charge in [-0.1, -0.05) is 12.2 Å². The number of aryl methyl sites for hydroxylation is 1. The number of likely N-dealkylation sites (tertiary alicyclic amines) is 1. The van der Waals surface area contributed by atoms with E-state index in [1.165, 1.54) is 4.90 Å². The second-order valence-electron chi connectivity index (χ2n) is 6.98. The Bertz CT molecular complexity index is 730. The van der Waals surface area contributed by atoms with Crippen LogP contribution >= 0.6 is 0 Å². The highest BCUT2D eigenvalue weighted by Gasteiger charge is 2.66. The molecule has 1 aromatic rings. The maximum atomic E-state index is 13.0. The molecule has 4 rings (SSSR count). The third-order valence-electron chi connectivity index (χ3n) is 5.09. The van der Waals surface area contributed by atoms with Gasteiger partial charge >= 0.3 is 0 Å². The fourth-order valence-electron chi connectivity index (χ4n) is 3.99. The lowest BCUT2D eigenvalue weighted by Crippen LogP contribution is -2.43. The number of nitrogens with zero attached hydrogens (tertiary/aromatic N) is 4. The average molecular weight is 328 g/mol. The first-order chi connectivity index (χ1) is 11.4. The van der Waals surface area contributed by atoms with Gasteiger partial charge in [-0.15, -0.1) is 0 Å². The van der Waals surface area contributed by atoms with Crippen LogP contribution in [0.5, 0.6) is 0 Å². The summed E-state index contributed by atoms with van der Waals surface area (Å²) in [5, 5.41) is 0. The van der Waals surface area contributed by atoms with Gasteiger partial charge in [0.2, 0.25) is 11.8 Å². The van der Waals surface area contributed by atoms with Gasteiger partial charge in [-0.2, -0.15) is 0 Å². The number of amides is 2. The highest BCUT2D eigenvalue weighted by Crippen LogP contribution is 2.52. The molecule has 126 valence electrons. The summed E-state index contributed by atoms with van der Waals surface area (Å²) in [5.41, 5.74) is 0.902. The van der Waals surface area contributed by atoms with Gasteiger partial charge in [0.1, 0.15) is 5.60 Å².